The fourth-order valence-corrected chi connectivity index (χ4v) is 1.33. The Labute approximate surface area is 96.4 Å². The van der Waals surface area contributed by atoms with E-state index in [2.05, 4.69) is 5.32 Å². The van der Waals surface area contributed by atoms with Crippen LogP contribution in [0.2, 0.25) is 0 Å². The van der Waals surface area contributed by atoms with Gasteiger partial charge in [-0.25, -0.2) is 0 Å². The molecule has 0 fully saturated rings. The van der Waals surface area contributed by atoms with E-state index in [1.807, 2.05) is 26.0 Å². The first kappa shape index (κ1) is 12.6. The highest BCUT2D eigenvalue weighted by Crippen LogP contribution is 2.28. The number of ether oxygens (including phenoxy) is 1. The Bertz CT molecular complexity index is 340. The van der Waals surface area contributed by atoms with Crippen LogP contribution >= 0.6 is 0 Å². The molecule has 0 heterocycles. The van der Waals surface area contributed by atoms with Gasteiger partial charge < -0.3 is 20.9 Å². The molecule has 4 nitrogen and oxygen atoms in total. The molecule has 4 N–H and O–H groups in total. The van der Waals surface area contributed by atoms with E-state index in [1.165, 1.54) is 0 Å². The van der Waals surface area contributed by atoms with Gasteiger partial charge in [0.1, 0.15) is 5.75 Å². The van der Waals surface area contributed by atoms with Crippen molar-refractivity contribution in [1.29, 1.82) is 0 Å². The first-order valence-corrected chi connectivity index (χ1v) is 5.40. The number of anilines is 2. The summed E-state index contributed by atoms with van der Waals surface area (Å²) in [5.41, 5.74) is 7.25. The summed E-state index contributed by atoms with van der Waals surface area (Å²) in [4.78, 5) is 0. The number of nitrogens with two attached hydrogens (primary N) is 1. The molecule has 1 aromatic carbocycles. The van der Waals surface area contributed by atoms with Crippen molar-refractivity contribution in [3.05, 3.63) is 18.2 Å². The molecule has 1 unspecified atom stereocenters. The summed E-state index contributed by atoms with van der Waals surface area (Å²) < 4.78 is 5.11. The summed E-state index contributed by atoms with van der Waals surface area (Å²) in [5.74, 6) is 0.864. The Hall–Kier alpha value is -1.42. The summed E-state index contributed by atoms with van der Waals surface area (Å²) >= 11 is 0. The smallest absolute Gasteiger partial charge is 0.143 e. The minimum Gasteiger partial charge on any atom is -0.495 e. The van der Waals surface area contributed by atoms with Crippen LogP contribution in [0, 0.1) is 5.92 Å². The molecule has 0 aliphatic carbocycles. The maximum Gasteiger partial charge on any atom is 0.143 e. The average Bonchev–Trinajstić information content (AvgIpc) is 2.27. The highest BCUT2D eigenvalue weighted by Gasteiger charge is 2.10. The van der Waals surface area contributed by atoms with Crippen LogP contribution in [-0.2, 0) is 0 Å². The number of rotatable bonds is 5. The number of aliphatic hydroxyl groups excluding tert-OH is 1. The number of benzene rings is 1. The second-order valence-electron chi connectivity index (χ2n) is 4.11. The van der Waals surface area contributed by atoms with Crippen LogP contribution in [0.3, 0.4) is 0 Å². The summed E-state index contributed by atoms with van der Waals surface area (Å²) in [5, 5.41) is 12.8. The van der Waals surface area contributed by atoms with Gasteiger partial charge in [-0.2, -0.15) is 0 Å². The van der Waals surface area contributed by atoms with Gasteiger partial charge in [0, 0.05) is 6.54 Å². The van der Waals surface area contributed by atoms with Gasteiger partial charge in [0.05, 0.1) is 24.6 Å². The highest BCUT2D eigenvalue weighted by atomic mass is 16.5. The molecule has 1 aromatic rings. The van der Waals surface area contributed by atoms with E-state index in [9.17, 15) is 5.11 Å². The molecule has 16 heavy (non-hydrogen) atoms. The van der Waals surface area contributed by atoms with Gasteiger partial charge in [0.25, 0.3) is 0 Å². The molecule has 0 aliphatic heterocycles. The van der Waals surface area contributed by atoms with Crippen molar-refractivity contribution in [2.45, 2.75) is 20.0 Å². The van der Waals surface area contributed by atoms with Crippen LogP contribution in [-0.4, -0.2) is 24.9 Å². The Kier molecular flexibility index (Phi) is 4.43. The third-order valence-electron chi connectivity index (χ3n) is 2.56. The van der Waals surface area contributed by atoms with Gasteiger partial charge in [-0.3, -0.25) is 0 Å². The van der Waals surface area contributed by atoms with E-state index in [1.54, 1.807) is 13.2 Å². The largest absolute Gasteiger partial charge is 0.495 e. The molecule has 0 spiro atoms. The number of aliphatic hydroxyl groups is 1. The molecular weight excluding hydrogens is 204 g/mol. The third-order valence-corrected chi connectivity index (χ3v) is 2.56. The predicted octanol–water partition coefficient (Wildman–Crippen LogP) is 1.71. The fourth-order valence-electron chi connectivity index (χ4n) is 1.33. The maximum atomic E-state index is 9.67. The lowest BCUT2D eigenvalue weighted by molar-refractivity contribution is 0.138. The van der Waals surface area contributed by atoms with Crippen molar-refractivity contribution in [3.8, 4) is 5.75 Å². The molecule has 0 amide bonds. The van der Waals surface area contributed by atoms with E-state index in [4.69, 9.17) is 10.5 Å². The summed E-state index contributed by atoms with van der Waals surface area (Å²) in [7, 11) is 1.58. The van der Waals surface area contributed by atoms with Crippen LogP contribution < -0.4 is 15.8 Å². The number of nitrogens with one attached hydrogen (secondary N) is 1. The Morgan fingerprint density at radius 2 is 2.12 bits per heavy atom. The molecule has 4 heteroatoms. The lowest BCUT2D eigenvalue weighted by atomic mass is 10.1. The highest BCUT2D eigenvalue weighted by molar-refractivity contribution is 5.72. The van der Waals surface area contributed by atoms with Crippen molar-refractivity contribution in [3.63, 3.8) is 0 Å². The molecule has 0 aromatic heterocycles. The van der Waals surface area contributed by atoms with E-state index in [0.29, 0.717) is 18.0 Å². The average molecular weight is 224 g/mol. The van der Waals surface area contributed by atoms with Gasteiger partial charge >= 0.3 is 0 Å². The minimum atomic E-state index is -0.384. The van der Waals surface area contributed by atoms with Crippen LogP contribution in [0.4, 0.5) is 11.4 Å². The summed E-state index contributed by atoms with van der Waals surface area (Å²) in [6.45, 7) is 4.43. The molecule has 90 valence electrons. The maximum absolute atomic E-state index is 9.67. The Morgan fingerprint density at radius 1 is 1.44 bits per heavy atom. The molecule has 0 saturated heterocycles. The molecular formula is C12H20N2O2. The van der Waals surface area contributed by atoms with E-state index in [-0.39, 0.29) is 12.0 Å². The minimum absolute atomic E-state index is 0.222. The van der Waals surface area contributed by atoms with Crippen LogP contribution in [0.15, 0.2) is 18.2 Å². The molecule has 0 saturated carbocycles. The van der Waals surface area contributed by atoms with E-state index >= 15 is 0 Å². The molecule has 1 atom stereocenters. The first-order valence-electron chi connectivity index (χ1n) is 5.40. The second-order valence-corrected chi connectivity index (χ2v) is 4.11. The van der Waals surface area contributed by atoms with Gasteiger partial charge in [0.15, 0.2) is 0 Å². The predicted molar refractivity (Wildman–Crippen MR) is 66.7 cm³/mol. The SMILES string of the molecule is COc1cccc(NCC(O)C(C)C)c1N. The van der Waals surface area contributed by atoms with Crippen molar-refractivity contribution in [2.75, 3.05) is 24.7 Å². The zero-order valence-corrected chi connectivity index (χ0v) is 10.0. The second kappa shape index (κ2) is 5.61. The first-order chi connectivity index (χ1) is 7.56. The number of hydrogen-bond donors (Lipinski definition) is 3. The summed E-state index contributed by atoms with van der Waals surface area (Å²) in [6, 6.07) is 5.53. The van der Waals surface area contributed by atoms with Crippen LogP contribution in [0.1, 0.15) is 13.8 Å². The standard InChI is InChI=1S/C12H20N2O2/c1-8(2)10(15)7-14-9-5-4-6-11(16-3)12(9)13/h4-6,8,10,14-15H,7,13H2,1-3H3. The Morgan fingerprint density at radius 3 is 2.69 bits per heavy atom. The fraction of sp³-hybridized carbons (Fsp3) is 0.500. The third kappa shape index (κ3) is 3.03. The van der Waals surface area contributed by atoms with Crippen molar-refractivity contribution in [1.82, 2.24) is 0 Å². The quantitative estimate of drug-likeness (QED) is 0.666. The van der Waals surface area contributed by atoms with E-state index < -0.39 is 0 Å². The van der Waals surface area contributed by atoms with Crippen LogP contribution in [0.5, 0.6) is 5.75 Å². The molecule has 0 aliphatic rings. The number of para-hydroxylation sites is 1. The molecule has 0 bridgehead atoms. The van der Waals surface area contributed by atoms with E-state index in [0.717, 1.165) is 5.69 Å². The lowest BCUT2D eigenvalue weighted by Crippen LogP contribution is -2.25. The van der Waals surface area contributed by atoms with Gasteiger partial charge in [0.2, 0.25) is 0 Å². The van der Waals surface area contributed by atoms with Crippen molar-refractivity contribution >= 4 is 11.4 Å². The van der Waals surface area contributed by atoms with Crippen LogP contribution in [0.25, 0.3) is 0 Å². The van der Waals surface area contributed by atoms with Gasteiger partial charge in [-0.05, 0) is 18.1 Å². The Balaban J connectivity index is 2.67. The zero-order chi connectivity index (χ0) is 12.1. The molecule has 1 rings (SSSR count). The lowest BCUT2D eigenvalue weighted by Gasteiger charge is -2.17. The monoisotopic (exact) mass is 224 g/mol. The van der Waals surface area contributed by atoms with Crippen molar-refractivity contribution in [2.24, 2.45) is 5.92 Å². The van der Waals surface area contributed by atoms with Crippen molar-refractivity contribution < 1.29 is 9.84 Å². The number of methoxy groups -OCH3 is 1. The number of nitrogen functional groups attached to an aromatic ring is 1. The number of hydrogen-bond acceptors (Lipinski definition) is 4. The normalized spacial score (nSPS) is 12.6. The van der Waals surface area contributed by atoms with Gasteiger partial charge in [-0.1, -0.05) is 19.9 Å². The zero-order valence-electron chi connectivity index (χ0n) is 10.0. The topological polar surface area (TPSA) is 67.5 Å². The summed E-state index contributed by atoms with van der Waals surface area (Å²) in [6.07, 6.45) is -0.384. The molecule has 0 radical (unpaired) electrons. The van der Waals surface area contributed by atoms with Gasteiger partial charge in [-0.15, -0.1) is 0 Å².